The number of benzene rings is 1. The van der Waals surface area contributed by atoms with Gasteiger partial charge in [-0.1, -0.05) is 12.1 Å². The highest BCUT2D eigenvalue weighted by Gasteiger charge is 2.61. The Morgan fingerprint density at radius 2 is 2.36 bits per heavy atom. The largest absolute Gasteiger partial charge is 0.508 e. The van der Waals surface area contributed by atoms with Crippen molar-refractivity contribution in [1.29, 1.82) is 0 Å². The molecule has 3 unspecified atom stereocenters. The Balaban J connectivity index is 1.98. The van der Waals surface area contributed by atoms with Crippen LogP contribution in [0.3, 0.4) is 0 Å². The second kappa shape index (κ2) is 2.51. The summed E-state index contributed by atoms with van der Waals surface area (Å²) in [6, 6.07) is 8.37. The first kappa shape index (κ1) is 8.30. The summed E-state index contributed by atoms with van der Waals surface area (Å²) in [7, 11) is 0. The number of piperidine rings is 1. The van der Waals surface area contributed by atoms with Crippen molar-refractivity contribution < 1.29 is 5.11 Å². The van der Waals surface area contributed by atoms with Crippen LogP contribution < -0.4 is 5.32 Å². The molecule has 1 aliphatic heterocycles. The quantitative estimate of drug-likeness (QED) is 0.704. The number of phenols is 1. The molecule has 1 heterocycles. The normalized spacial score (nSPS) is 39.5. The number of hydrogen-bond acceptors (Lipinski definition) is 2. The Bertz CT molecular complexity index is 376. The van der Waals surface area contributed by atoms with Gasteiger partial charge >= 0.3 is 0 Å². The molecule has 3 rings (SSSR count). The lowest BCUT2D eigenvalue weighted by Gasteiger charge is -2.11. The van der Waals surface area contributed by atoms with Crippen LogP contribution in [0.25, 0.3) is 0 Å². The van der Waals surface area contributed by atoms with E-state index >= 15 is 0 Å². The molecule has 2 aliphatic rings. The Morgan fingerprint density at radius 3 is 2.93 bits per heavy atom. The molecule has 2 fully saturated rings. The third-order valence-electron chi connectivity index (χ3n) is 3.90. The van der Waals surface area contributed by atoms with E-state index in [9.17, 15) is 5.11 Å². The summed E-state index contributed by atoms with van der Waals surface area (Å²) >= 11 is 0. The molecule has 1 aliphatic carbocycles. The number of aromatic hydroxyl groups is 1. The van der Waals surface area contributed by atoms with Crippen LogP contribution in [-0.2, 0) is 5.41 Å². The molecular weight excluding hydrogens is 174 g/mol. The fourth-order valence-electron chi connectivity index (χ4n) is 2.93. The van der Waals surface area contributed by atoms with Gasteiger partial charge in [0.1, 0.15) is 5.75 Å². The van der Waals surface area contributed by atoms with Gasteiger partial charge in [0.2, 0.25) is 0 Å². The first-order chi connectivity index (χ1) is 6.72. The predicted octanol–water partition coefficient (Wildman–Crippen LogP) is 1.64. The summed E-state index contributed by atoms with van der Waals surface area (Å²) < 4.78 is 0. The van der Waals surface area contributed by atoms with Crippen molar-refractivity contribution in [3.05, 3.63) is 29.8 Å². The van der Waals surface area contributed by atoms with Gasteiger partial charge in [-0.3, -0.25) is 0 Å². The van der Waals surface area contributed by atoms with Gasteiger partial charge in [0.25, 0.3) is 0 Å². The maximum atomic E-state index is 9.45. The lowest BCUT2D eigenvalue weighted by molar-refractivity contribution is 0.473. The molecule has 1 saturated heterocycles. The van der Waals surface area contributed by atoms with Gasteiger partial charge in [-0.2, -0.15) is 0 Å². The highest BCUT2D eigenvalue weighted by atomic mass is 16.3. The standard InChI is InChI=1S/C12H15NO/c1-8-11-6-12(11,7-13-8)9-3-2-4-10(14)5-9/h2-5,8,11,13-14H,6-7H2,1H3. The number of hydrogen-bond donors (Lipinski definition) is 2. The van der Waals surface area contributed by atoms with Crippen molar-refractivity contribution in [3.8, 4) is 5.75 Å². The van der Waals surface area contributed by atoms with Crippen molar-refractivity contribution >= 4 is 0 Å². The molecule has 1 saturated carbocycles. The molecule has 1 aromatic carbocycles. The average Bonchev–Trinajstić information content (AvgIpc) is 2.83. The molecule has 2 heteroatoms. The topological polar surface area (TPSA) is 32.3 Å². The molecule has 3 atom stereocenters. The minimum absolute atomic E-state index is 0.345. The Kier molecular flexibility index (Phi) is 1.49. The minimum Gasteiger partial charge on any atom is -0.508 e. The van der Waals surface area contributed by atoms with Gasteiger partial charge in [0.05, 0.1) is 0 Å². The smallest absolute Gasteiger partial charge is 0.115 e. The molecule has 1 aromatic rings. The maximum Gasteiger partial charge on any atom is 0.115 e. The number of phenolic OH excluding ortho intramolecular Hbond substituents is 1. The van der Waals surface area contributed by atoms with E-state index in [2.05, 4.69) is 18.3 Å². The molecule has 2 N–H and O–H groups in total. The zero-order valence-corrected chi connectivity index (χ0v) is 8.33. The molecule has 0 bridgehead atoms. The van der Waals surface area contributed by atoms with Crippen molar-refractivity contribution in [2.45, 2.75) is 24.8 Å². The van der Waals surface area contributed by atoms with Crippen LogP contribution in [0.5, 0.6) is 5.75 Å². The third kappa shape index (κ3) is 0.947. The number of rotatable bonds is 1. The van der Waals surface area contributed by atoms with Gasteiger partial charge in [-0.25, -0.2) is 0 Å². The van der Waals surface area contributed by atoms with E-state index < -0.39 is 0 Å². The van der Waals surface area contributed by atoms with Crippen LogP contribution in [0.1, 0.15) is 18.9 Å². The summed E-state index contributed by atoms with van der Waals surface area (Å²) in [5.41, 5.74) is 1.65. The predicted molar refractivity (Wildman–Crippen MR) is 55.4 cm³/mol. The second-order valence-electron chi connectivity index (χ2n) is 4.69. The Labute approximate surface area is 84.0 Å². The second-order valence-corrected chi connectivity index (χ2v) is 4.69. The van der Waals surface area contributed by atoms with Crippen LogP contribution >= 0.6 is 0 Å². The molecule has 0 radical (unpaired) electrons. The monoisotopic (exact) mass is 189 g/mol. The van der Waals surface area contributed by atoms with Crippen molar-refractivity contribution in [2.24, 2.45) is 5.92 Å². The summed E-state index contributed by atoms with van der Waals surface area (Å²) in [5, 5.41) is 12.9. The molecule has 74 valence electrons. The van der Waals surface area contributed by atoms with E-state index in [0.717, 1.165) is 12.5 Å². The van der Waals surface area contributed by atoms with E-state index in [1.165, 1.54) is 12.0 Å². The van der Waals surface area contributed by atoms with Crippen LogP contribution in [0.4, 0.5) is 0 Å². The number of fused-ring (bicyclic) bond motifs is 1. The van der Waals surface area contributed by atoms with Crippen LogP contribution in [-0.4, -0.2) is 17.7 Å². The Hall–Kier alpha value is -1.02. The highest BCUT2D eigenvalue weighted by molar-refractivity contribution is 5.41. The SMILES string of the molecule is CC1NCC2(c3cccc(O)c3)CC12. The van der Waals surface area contributed by atoms with Gasteiger partial charge in [0.15, 0.2) is 0 Å². The molecule has 0 aromatic heterocycles. The lowest BCUT2D eigenvalue weighted by Crippen LogP contribution is -2.24. The van der Waals surface area contributed by atoms with Gasteiger partial charge in [-0.05, 0) is 37.0 Å². The molecule has 14 heavy (non-hydrogen) atoms. The maximum absolute atomic E-state index is 9.45. The zero-order valence-electron chi connectivity index (χ0n) is 8.33. The first-order valence-corrected chi connectivity index (χ1v) is 5.25. The van der Waals surface area contributed by atoms with Gasteiger partial charge in [-0.15, -0.1) is 0 Å². The summed E-state index contributed by atoms with van der Waals surface area (Å²) in [5.74, 6) is 1.17. The van der Waals surface area contributed by atoms with E-state index in [-0.39, 0.29) is 0 Å². The highest BCUT2D eigenvalue weighted by Crippen LogP contribution is 2.59. The van der Waals surface area contributed by atoms with E-state index in [4.69, 9.17) is 0 Å². The molecule has 0 spiro atoms. The van der Waals surface area contributed by atoms with Crippen molar-refractivity contribution in [2.75, 3.05) is 6.54 Å². The van der Waals surface area contributed by atoms with Gasteiger partial charge in [0, 0.05) is 18.0 Å². The zero-order chi connectivity index (χ0) is 9.76. The van der Waals surface area contributed by atoms with E-state index in [1.807, 2.05) is 12.1 Å². The van der Waals surface area contributed by atoms with E-state index in [0.29, 0.717) is 17.2 Å². The first-order valence-electron chi connectivity index (χ1n) is 5.25. The number of nitrogens with one attached hydrogen (secondary N) is 1. The van der Waals surface area contributed by atoms with E-state index in [1.54, 1.807) is 6.07 Å². The fourth-order valence-corrected chi connectivity index (χ4v) is 2.93. The molecule has 0 amide bonds. The van der Waals surface area contributed by atoms with Crippen molar-refractivity contribution in [3.63, 3.8) is 0 Å². The van der Waals surface area contributed by atoms with Crippen LogP contribution in [0.2, 0.25) is 0 Å². The summed E-state index contributed by atoms with van der Waals surface area (Å²) in [6.07, 6.45) is 1.28. The summed E-state index contributed by atoms with van der Waals surface area (Å²) in [6.45, 7) is 3.32. The third-order valence-corrected chi connectivity index (χ3v) is 3.90. The molecule has 2 nitrogen and oxygen atoms in total. The Morgan fingerprint density at radius 1 is 1.50 bits per heavy atom. The van der Waals surface area contributed by atoms with Gasteiger partial charge < -0.3 is 10.4 Å². The summed E-state index contributed by atoms with van der Waals surface area (Å²) in [4.78, 5) is 0. The average molecular weight is 189 g/mol. The van der Waals surface area contributed by atoms with Crippen molar-refractivity contribution in [1.82, 2.24) is 5.32 Å². The van der Waals surface area contributed by atoms with Crippen LogP contribution in [0, 0.1) is 5.92 Å². The minimum atomic E-state index is 0.345. The lowest BCUT2D eigenvalue weighted by atomic mass is 9.94. The molecular formula is C12H15NO. The van der Waals surface area contributed by atoms with Crippen LogP contribution in [0.15, 0.2) is 24.3 Å². The fraction of sp³-hybridized carbons (Fsp3) is 0.500.